The van der Waals surface area contributed by atoms with E-state index in [4.69, 9.17) is 0 Å². The highest BCUT2D eigenvalue weighted by Gasteiger charge is 2.23. The number of hydrogen-bond donors (Lipinski definition) is 3. The second-order valence-corrected chi connectivity index (χ2v) is 9.11. The summed E-state index contributed by atoms with van der Waals surface area (Å²) in [6, 6.07) is 5.58. The van der Waals surface area contributed by atoms with Crippen LogP contribution in [-0.4, -0.2) is 72.2 Å². The Bertz CT molecular complexity index is 746. The summed E-state index contributed by atoms with van der Waals surface area (Å²) < 4.78 is 0. The number of piperidine rings is 1. The fourth-order valence-electron chi connectivity index (χ4n) is 4.54. The molecule has 2 aliphatic rings. The molecule has 31 heavy (non-hydrogen) atoms. The molecule has 2 saturated heterocycles. The predicted molar refractivity (Wildman–Crippen MR) is 123 cm³/mol. The third-order valence-electron chi connectivity index (χ3n) is 6.66. The van der Waals surface area contributed by atoms with Gasteiger partial charge in [0.1, 0.15) is 0 Å². The van der Waals surface area contributed by atoms with Gasteiger partial charge >= 0.3 is 6.03 Å². The van der Waals surface area contributed by atoms with Crippen LogP contribution in [0.1, 0.15) is 61.4 Å². The van der Waals surface area contributed by atoms with Gasteiger partial charge in [-0.3, -0.25) is 9.69 Å². The van der Waals surface area contributed by atoms with E-state index in [9.17, 15) is 14.7 Å². The van der Waals surface area contributed by atoms with Crippen LogP contribution < -0.4 is 10.6 Å². The van der Waals surface area contributed by atoms with Crippen LogP contribution in [-0.2, 0) is 0 Å². The summed E-state index contributed by atoms with van der Waals surface area (Å²) in [5.41, 5.74) is 2.29. The van der Waals surface area contributed by atoms with Gasteiger partial charge in [0.15, 0.2) is 0 Å². The number of urea groups is 1. The lowest BCUT2D eigenvalue weighted by atomic mass is 9.98. The van der Waals surface area contributed by atoms with Crippen molar-refractivity contribution in [3.63, 3.8) is 0 Å². The Morgan fingerprint density at radius 2 is 1.90 bits per heavy atom. The highest BCUT2D eigenvalue weighted by atomic mass is 16.3. The first-order valence-corrected chi connectivity index (χ1v) is 11.8. The fourth-order valence-corrected chi connectivity index (χ4v) is 4.54. The summed E-state index contributed by atoms with van der Waals surface area (Å²) in [5, 5.41) is 15.2. The number of aliphatic hydroxyl groups is 1. The minimum atomic E-state index is -0.221. The van der Waals surface area contributed by atoms with E-state index >= 15 is 0 Å². The molecule has 1 aromatic carbocycles. The van der Waals surface area contributed by atoms with Crippen LogP contribution in [0.3, 0.4) is 0 Å². The number of likely N-dealkylation sites (tertiary alicyclic amines) is 2. The third-order valence-corrected chi connectivity index (χ3v) is 6.66. The smallest absolute Gasteiger partial charge is 0.319 e. The lowest BCUT2D eigenvalue weighted by Gasteiger charge is -2.30. The minimum Gasteiger partial charge on any atom is -0.395 e. The quantitative estimate of drug-likeness (QED) is 0.553. The highest BCUT2D eigenvalue weighted by Crippen LogP contribution is 2.21. The van der Waals surface area contributed by atoms with E-state index in [0.717, 1.165) is 76.0 Å². The number of anilines is 1. The molecule has 7 nitrogen and oxygen atoms in total. The number of aryl methyl sites for hydroxylation is 1. The number of unbranched alkanes of at least 4 members (excludes halogenated alkanes) is 1. The zero-order chi connectivity index (χ0) is 22.2. The number of aliphatic hydroxyl groups excluding tert-OH is 1. The molecule has 3 N–H and O–H groups in total. The molecule has 0 aromatic heterocycles. The van der Waals surface area contributed by atoms with E-state index in [1.165, 1.54) is 0 Å². The maximum atomic E-state index is 12.7. The fraction of sp³-hybridized carbons (Fsp3) is 0.667. The van der Waals surface area contributed by atoms with Gasteiger partial charge in [0.2, 0.25) is 0 Å². The van der Waals surface area contributed by atoms with Crippen LogP contribution >= 0.6 is 0 Å². The maximum Gasteiger partial charge on any atom is 0.319 e. The number of nitrogens with zero attached hydrogens (tertiary/aromatic N) is 2. The van der Waals surface area contributed by atoms with Crippen molar-refractivity contribution in [3.8, 4) is 0 Å². The van der Waals surface area contributed by atoms with Gasteiger partial charge in [-0.15, -0.1) is 0 Å². The highest BCUT2D eigenvalue weighted by molar-refractivity contribution is 5.96. The largest absolute Gasteiger partial charge is 0.395 e. The first-order valence-electron chi connectivity index (χ1n) is 11.8. The van der Waals surface area contributed by atoms with E-state index in [1.807, 2.05) is 24.0 Å². The number of hydrogen-bond acceptors (Lipinski definition) is 4. The normalized spacial score (nSPS) is 20.1. The molecule has 7 heteroatoms. The lowest BCUT2D eigenvalue weighted by molar-refractivity contribution is 0.0697. The number of rotatable bonds is 8. The molecule has 1 atom stereocenters. The number of carbonyl (C=O) groups is 2. The molecule has 0 spiro atoms. The molecule has 0 saturated carbocycles. The van der Waals surface area contributed by atoms with Crippen molar-refractivity contribution in [1.29, 1.82) is 0 Å². The topological polar surface area (TPSA) is 84.9 Å². The molecule has 2 aliphatic heterocycles. The van der Waals surface area contributed by atoms with E-state index < -0.39 is 0 Å². The summed E-state index contributed by atoms with van der Waals surface area (Å²) in [5.74, 6) is 0.765. The van der Waals surface area contributed by atoms with Gasteiger partial charge in [0.25, 0.3) is 5.91 Å². The molecule has 3 amide bonds. The van der Waals surface area contributed by atoms with E-state index in [-0.39, 0.29) is 18.5 Å². The molecule has 172 valence electrons. The zero-order valence-corrected chi connectivity index (χ0v) is 19.0. The lowest BCUT2D eigenvalue weighted by Crippen LogP contribution is -2.38. The number of nitrogens with one attached hydrogen (secondary N) is 2. The molecule has 0 bridgehead atoms. The summed E-state index contributed by atoms with van der Waals surface area (Å²) in [6.45, 7) is 8.68. The predicted octanol–water partition coefficient (Wildman–Crippen LogP) is 3.23. The number of amides is 3. The number of benzene rings is 1. The van der Waals surface area contributed by atoms with Crippen molar-refractivity contribution < 1.29 is 14.7 Å². The van der Waals surface area contributed by atoms with Crippen LogP contribution in [0.25, 0.3) is 0 Å². The number of carbonyl (C=O) groups excluding carboxylic acids is 2. The zero-order valence-electron chi connectivity index (χ0n) is 19.0. The van der Waals surface area contributed by atoms with Crippen molar-refractivity contribution in [2.24, 2.45) is 5.92 Å². The second kappa shape index (κ2) is 11.5. The Morgan fingerprint density at radius 1 is 1.13 bits per heavy atom. The Morgan fingerprint density at radius 3 is 2.61 bits per heavy atom. The van der Waals surface area contributed by atoms with Crippen LogP contribution in [0.2, 0.25) is 0 Å². The van der Waals surface area contributed by atoms with Crippen LogP contribution in [0.15, 0.2) is 18.2 Å². The monoisotopic (exact) mass is 430 g/mol. The Labute approximate surface area is 186 Å². The summed E-state index contributed by atoms with van der Waals surface area (Å²) in [7, 11) is 0. The van der Waals surface area contributed by atoms with Gasteiger partial charge in [0.05, 0.1) is 6.61 Å². The van der Waals surface area contributed by atoms with Crippen molar-refractivity contribution in [3.05, 3.63) is 29.3 Å². The van der Waals surface area contributed by atoms with Crippen LogP contribution in [0.4, 0.5) is 10.5 Å². The Hall–Kier alpha value is -2.12. The maximum absolute atomic E-state index is 12.7. The van der Waals surface area contributed by atoms with Gasteiger partial charge in [-0.25, -0.2) is 4.79 Å². The average molecular weight is 431 g/mol. The van der Waals surface area contributed by atoms with Crippen molar-refractivity contribution in [1.82, 2.24) is 15.1 Å². The van der Waals surface area contributed by atoms with Crippen molar-refractivity contribution in [2.75, 3.05) is 44.6 Å². The van der Waals surface area contributed by atoms with Gasteiger partial charge in [0, 0.05) is 36.9 Å². The van der Waals surface area contributed by atoms with Gasteiger partial charge in [-0.1, -0.05) is 6.92 Å². The summed E-state index contributed by atoms with van der Waals surface area (Å²) >= 11 is 0. The summed E-state index contributed by atoms with van der Waals surface area (Å²) in [6.07, 6.45) is 6.27. The first kappa shape index (κ1) is 23.5. The van der Waals surface area contributed by atoms with E-state index in [1.54, 1.807) is 6.07 Å². The Kier molecular flexibility index (Phi) is 8.72. The average Bonchev–Trinajstić information content (AvgIpc) is 3.22. The molecule has 0 aliphatic carbocycles. The van der Waals surface area contributed by atoms with Crippen LogP contribution in [0.5, 0.6) is 0 Å². The van der Waals surface area contributed by atoms with Gasteiger partial charge in [-0.05, 0) is 88.2 Å². The molecule has 3 rings (SSSR count). The minimum absolute atomic E-state index is 0.0763. The molecule has 1 aromatic rings. The molecule has 1 unspecified atom stereocenters. The van der Waals surface area contributed by atoms with E-state index in [2.05, 4.69) is 22.5 Å². The SMILES string of the molecule is Cc1cc(C(=O)N2CCC(C)CC2)ccc1NC(=O)NCCCCN1CCCC1CO. The van der Waals surface area contributed by atoms with Crippen LogP contribution in [0, 0.1) is 12.8 Å². The molecule has 2 fully saturated rings. The van der Waals surface area contributed by atoms with Crippen molar-refractivity contribution in [2.45, 2.75) is 58.4 Å². The second-order valence-electron chi connectivity index (χ2n) is 9.11. The van der Waals surface area contributed by atoms with E-state index in [0.29, 0.717) is 24.1 Å². The molecular formula is C24H38N4O3. The third kappa shape index (κ3) is 6.68. The first-order chi connectivity index (χ1) is 15.0. The van der Waals surface area contributed by atoms with Gasteiger partial charge < -0.3 is 20.6 Å². The molecular weight excluding hydrogens is 392 g/mol. The standard InChI is InChI=1S/C24H38N4O3/c1-18-9-14-28(15-10-18)23(30)20-7-8-22(19(2)16-20)26-24(31)25-11-3-4-12-27-13-5-6-21(27)17-29/h7-8,16,18,21,29H,3-6,9-15,17H2,1-2H3,(H2,25,26,31). The summed E-state index contributed by atoms with van der Waals surface area (Å²) in [4.78, 5) is 29.3. The molecule has 0 radical (unpaired) electrons. The van der Waals surface area contributed by atoms with Crippen molar-refractivity contribution >= 4 is 17.6 Å². The van der Waals surface area contributed by atoms with Gasteiger partial charge in [-0.2, -0.15) is 0 Å². The Balaban J connectivity index is 1.39. The molecule has 2 heterocycles.